The van der Waals surface area contributed by atoms with E-state index >= 15 is 0 Å². The molecule has 1 aliphatic heterocycles. The molecular weight excluding hydrogens is 279 g/mol. The van der Waals surface area contributed by atoms with E-state index in [9.17, 15) is 4.79 Å². The molecule has 0 unspecified atom stereocenters. The van der Waals surface area contributed by atoms with Gasteiger partial charge in [-0.1, -0.05) is 23.2 Å². The zero-order valence-electron chi connectivity index (χ0n) is 9.65. The molecule has 0 spiro atoms. The molecule has 0 saturated carbocycles. The molecule has 1 aliphatic rings. The highest BCUT2D eigenvalue weighted by atomic mass is 35.5. The zero-order valence-corrected chi connectivity index (χ0v) is 11.2. The average molecular weight is 291 g/mol. The van der Waals surface area contributed by atoms with Gasteiger partial charge in [-0.05, 0) is 12.1 Å². The van der Waals surface area contributed by atoms with Gasteiger partial charge in [0, 0.05) is 23.6 Å². The summed E-state index contributed by atoms with van der Waals surface area (Å²) < 4.78 is 10.5. The van der Waals surface area contributed by atoms with Crippen LogP contribution in [0.4, 0.5) is 0 Å². The zero-order chi connectivity index (χ0) is 13.3. The van der Waals surface area contributed by atoms with Gasteiger partial charge in [0.25, 0.3) is 0 Å². The molecule has 1 aromatic rings. The molecule has 0 amide bonds. The Labute approximate surface area is 114 Å². The number of methoxy groups -OCH3 is 1. The normalized spacial score (nSPS) is 17.3. The van der Waals surface area contributed by atoms with Gasteiger partial charge in [-0.2, -0.15) is 0 Å². The summed E-state index contributed by atoms with van der Waals surface area (Å²) in [5.41, 5.74) is 0.582. The van der Waals surface area contributed by atoms with E-state index in [1.54, 1.807) is 13.2 Å². The summed E-state index contributed by atoms with van der Waals surface area (Å²) in [5.74, 6) is -0.934. The SMILES string of the molecule is CO[C@@H](c1cc(Cl)cc(C(=O)O)c1Cl)C1COC1. The Morgan fingerprint density at radius 1 is 1.50 bits per heavy atom. The van der Waals surface area contributed by atoms with Crippen LogP contribution < -0.4 is 0 Å². The van der Waals surface area contributed by atoms with Gasteiger partial charge in [0.15, 0.2) is 0 Å². The Hall–Kier alpha value is -0.810. The topological polar surface area (TPSA) is 55.8 Å². The molecule has 0 bridgehead atoms. The minimum absolute atomic E-state index is 0.0125. The van der Waals surface area contributed by atoms with Crippen LogP contribution in [0.1, 0.15) is 22.0 Å². The molecule has 1 aromatic carbocycles. The number of carbonyl (C=O) groups is 1. The highest BCUT2D eigenvalue weighted by Gasteiger charge is 2.32. The largest absolute Gasteiger partial charge is 0.478 e. The standard InChI is InChI=1S/C12H12Cl2O4/c1-17-11(6-4-18-5-6)8-2-7(13)3-9(10(8)14)12(15)16/h2-3,6,11H,4-5H2,1H3,(H,15,16)/t11-/m1/s1. The smallest absolute Gasteiger partial charge is 0.337 e. The van der Waals surface area contributed by atoms with Crippen molar-refractivity contribution in [2.45, 2.75) is 6.10 Å². The Kier molecular flexibility index (Phi) is 4.12. The van der Waals surface area contributed by atoms with E-state index in [2.05, 4.69) is 0 Å². The molecule has 0 aliphatic carbocycles. The van der Waals surface area contributed by atoms with Crippen molar-refractivity contribution in [3.63, 3.8) is 0 Å². The number of benzene rings is 1. The number of hydrogen-bond donors (Lipinski definition) is 1. The number of hydrogen-bond acceptors (Lipinski definition) is 3. The van der Waals surface area contributed by atoms with E-state index in [-0.39, 0.29) is 22.6 Å². The van der Waals surface area contributed by atoms with Gasteiger partial charge in [0.1, 0.15) is 0 Å². The van der Waals surface area contributed by atoms with Crippen LogP contribution in [0.25, 0.3) is 0 Å². The molecule has 18 heavy (non-hydrogen) atoms. The van der Waals surface area contributed by atoms with E-state index in [0.717, 1.165) is 0 Å². The lowest BCUT2D eigenvalue weighted by Crippen LogP contribution is -2.34. The lowest BCUT2D eigenvalue weighted by molar-refractivity contribution is -0.105. The predicted molar refractivity (Wildman–Crippen MR) is 67.5 cm³/mol. The summed E-state index contributed by atoms with van der Waals surface area (Å²) in [6, 6.07) is 2.97. The van der Waals surface area contributed by atoms with Crippen LogP contribution in [0.15, 0.2) is 12.1 Å². The van der Waals surface area contributed by atoms with Crippen LogP contribution in [0, 0.1) is 5.92 Å². The number of rotatable bonds is 4. The quantitative estimate of drug-likeness (QED) is 0.926. The average Bonchev–Trinajstić information content (AvgIpc) is 2.25. The first-order chi connectivity index (χ1) is 8.54. The maximum absolute atomic E-state index is 11.1. The summed E-state index contributed by atoms with van der Waals surface area (Å²) in [5, 5.41) is 9.57. The molecule has 4 nitrogen and oxygen atoms in total. The van der Waals surface area contributed by atoms with Crippen LogP contribution in [0.2, 0.25) is 10.0 Å². The van der Waals surface area contributed by atoms with Crippen molar-refractivity contribution in [1.82, 2.24) is 0 Å². The molecule has 0 radical (unpaired) electrons. The van der Waals surface area contributed by atoms with Crippen molar-refractivity contribution >= 4 is 29.2 Å². The third-order valence-corrected chi connectivity index (χ3v) is 3.59. The second kappa shape index (κ2) is 5.45. The van der Waals surface area contributed by atoms with E-state index < -0.39 is 5.97 Å². The molecular formula is C12H12Cl2O4. The summed E-state index contributed by atoms with van der Waals surface area (Å²) in [6.07, 6.45) is -0.303. The molecule has 1 heterocycles. The van der Waals surface area contributed by atoms with Gasteiger partial charge >= 0.3 is 5.97 Å². The fraction of sp³-hybridized carbons (Fsp3) is 0.417. The molecule has 0 aromatic heterocycles. The van der Waals surface area contributed by atoms with Crippen molar-refractivity contribution in [3.05, 3.63) is 33.3 Å². The van der Waals surface area contributed by atoms with Crippen molar-refractivity contribution in [2.75, 3.05) is 20.3 Å². The van der Waals surface area contributed by atoms with Gasteiger partial charge in [-0.15, -0.1) is 0 Å². The summed E-state index contributed by atoms with van der Waals surface area (Å²) in [4.78, 5) is 11.1. The maximum atomic E-state index is 11.1. The molecule has 1 N–H and O–H groups in total. The van der Waals surface area contributed by atoms with Gasteiger partial charge in [-0.3, -0.25) is 0 Å². The first-order valence-electron chi connectivity index (χ1n) is 5.37. The number of carboxylic acid groups (broad SMARTS) is 1. The lowest BCUT2D eigenvalue weighted by Gasteiger charge is -2.33. The second-order valence-electron chi connectivity index (χ2n) is 4.12. The number of carboxylic acids is 1. The van der Waals surface area contributed by atoms with Crippen LogP contribution >= 0.6 is 23.2 Å². The predicted octanol–water partition coefficient (Wildman–Crippen LogP) is 3.03. The van der Waals surface area contributed by atoms with Gasteiger partial charge in [0.2, 0.25) is 0 Å². The summed E-state index contributed by atoms with van der Waals surface area (Å²) >= 11 is 12.0. The third kappa shape index (κ3) is 2.47. The Morgan fingerprint density at radius 3 is 2.61 bits per heavy atom. The first-order valence-corrected chi connectivity index (χ1v) is 6.13. The summed E-state index contributed by atoms with van der Waals surface area (Å²) in [7, 11) is 1.56. The molecule has 1 fully saturated rings. The van der Waals surface area contributed by atoms with E-state index in [1.807, 2.05) is 0 Å². The highest BCUT2D eigenvalue weighted by Crippen LogP contribution is 2.38. The second-order valence-corrected chi connectivity index (χ2v) is 4.93. The van der Waals surface area contributed by atoms with Crippen LogP contribution in [-0.2, 0) is 9.47 Å². The molecule has 1 saturated heterocycles. The summed E-state index contributed by atoms with van der Waals surface area (Å²) in [6.45, 7) is 1.15. The molecule has 2 rings (SSSR count). The Balaban J connectivity index is 2.44. The Bertz CT molecular complexity index is 471. The molecule has 6 heteroatoms. The number of halogens is 2. The minimum atomic E-state index is -1.11. The fourth-order valence-corrected chi connectivity index (χ4v) is 2.50. The monoisotopic (exact) mass is 290 g/mol. The fourth-order valence-electron chi connectivity index (χ4n) is 1.98. The van der Waals surface area contributed by atoms with Crippen molar-refractivity contribution in [2.24, 2.45) is 5.92 Å². The van der Waals surface area contributed by atoms with Gasteiger partial charge in [0.05, 0.1) is 29.9 Å². The van der Waals surface area contributed by atoms with Crippen LogP contribution in [-0.4, -0.2) is 31.4 Å². The third-order valence-electron chi connectivity index (χ3n) is 2.95. The van der Waals surface area contributed by atoms with Crippen LogP contribution in [0.5, 0.6) is 0 Å². The Morgan fingerprint density at radius 2 is 2.17 bits per heavy atom. The van der Waals surface area contributed by atoms with E-state index in [0.29, 0.717) is 23.8 Å². The molecule has 98 valence electrons. The van der Waals surface area contributed by atoms with Crippen molar-refractivity contribution in [1.29, 1.82) is 0 Å². The van der Waals surface area contributed by atoms with E-state index in [4.69, 9.17) is 37.8 Å². The van der Waals surface area contributed by atoms with Crippen LogP contribution in [0.3, 0.4) is 0 Å². The maximum Gasteiger partial charge on any atom is 0.337 e. The van der Waals surface area contributed by atoms with Crippen molar-refractivity contribution in [3.8, 4) is 0 Å². The molecule has 1 atom stereocenters. The number of ether oxygens (including phenoxy) is 2. The minimum Gasteiger partial charge on any atom is -0.478 e. The lowest BCUT2D eigenvalue weighted by atomic mass is 9.93. The van der Waals surface area contributed by atoms with Gasteiger partial charge < -0.3 is 14.6 Å². The van der Waals surface area contributed by atoms with E-state index in [1.165, 1.54) is 6.07 Å². The highest BCUT2D eigenvalue weighted by molar-refractivity contribution is 6.36. The number of aromatic carboxylic acids is 1. The first kappa shape index (κ1) is 13.6. The van der Waals surface area contributed by atoms with Gasteiger partial charge in [-0.25, -0.2) is 4.79 Å². The van der Waals surface area contributed by atoms with Crippen molar-refractivity contribution < 1.29 is 19.4 Å².